The number of aromatic nitrogens is 6. The number of alkyl carbamates (subject to hydrolysis) is 1. The fourth-order valence-electron chi connectivity index (χ4n) is 8.34. The molecule has 6 aromatic rings. The Labute approximate surface area is 408 Å². The molecule has 0 spiro atoms. The number of nitrogens with one attached hydrogen (secondary N) is 3. The third-order valence-electron chi connectivity index (χ3n) is 11.2. The minimum absolute atomic E-state index is 0. The second-order valence-electron chi connectivity index (χ2n) is 17.4. The zero-order valence-electron chi connectivity index (χ0n) is 38.6. The third-order valence-corrected chi connectivity index (χ3v) is 12.0. The van der Waals surface area contributed by atoms with E-state index in [0.29, 0.717) is 70.8 Å². The largest absolute Gasteiger partial charge is 0.461 e. The van der Waals surface area contributed by atoms with Crippen LogP contribution < -0.4 is 32.0 Å². The van der Waals surface area contributed by atoms with Gasteiger partial charge in [-0.15, -0.1) is 22.6 Å². The summed E-state index contributed by atoms with van der Waals surface area (Å²) in [5.74, 6) is 0.0608. The predicted molar refractivity (Wildman–Crippen MR) is 263 cm³/mol. The van der Waals surface area contributed by atoms with Gasteiger partial charge in [0, 0.05) is 72.3 Å². The van der Waals surface area contributed by atoms with Crippen molar-refractivity contribution in [2.24, 2.45) is 5.73 Å². The standard InChI is InChI=1S/C26H32ClN5O5.C21H24ClN5O3.ClH/c1-5-36-24(34)20-15-32-21(23(33)29-20)18(13-16-9-6-7-11-19(16)27)22(30-32)31-12-8-10-17(14-31)28-25(35)37-26(2,3)4;1-2-30-21(29)17-12-27-18(20(28)24-17)15(10-13-6-3-4-8-16(13)22)19(25-27)26-9-5-7-14(23)11-26;/h6-7,9,11,15,17H,5,8,10,12-14H2,1-4H3,(H,28,35)(H,29,33);3-4,6,8,12,14H,2,5,7,9-11,23H2,1H3,(H,24,28);1H/t17-;14-;/m11./s1. The van der Waals surface area contributed by atoms with Gasteiger partial charge < -0.3 is 45.0 Å². The van der Waals surface area contributed by atoms with Gasteiger partial charge in [-0.05, 0) is 83.6 Å². The fraction of sp³-hybridized carbons (Fsp3) is 0.426. The van der Waals surface area contributed by atoms with Crippen molar-refractivity contribution in [1.82, 2.24) is 34.5 Å². The van der Waals surface area contributed by atoms with Crippen molar-refractivity contribution in [2.45, 2.75) is 90.8 Å². The zero-order chi connectivity index (χ0) is 48.0. The van der Waals surface area contributed by atoms with Gasteiger partial charge in [-0.3, -0.25) is 9.59 Å². The maximum atomic E-state index is 13.2. The number of nitrogens with zero attached hydrogens (tertiary/aromatic N) is 6. The molecule has 2 aromatic carbocycles. The smallest absolute Gasteiger partial charge is 0.407 e. The number of hydrogen-bond acceptors (Lipinski definition) is 13. The Kier molecular flexibility index (Phi) is 16.9. The average molecular weight is 996 g/mol. The minimum atomic E-state index is -0.634. The SMILES string of the molecule is CCOC(=O)c1cn2nc(N3CCC[C@@H](N)C3)c(Cc3ccccc3Cl)c2c(=O)[nH]1.CCOC(=O)c1cn2nc(N3CCC[C@@H](NC(=O)OC(C)(C)C)C3)c(Cc3ccccc3Cl)c2c(=O)[nH]1.Cl. The van der Waals surface area contributed by atoms with Crippen LogP contribution in [0, 0.1) is 0 Å². The number of hydrogen-bond donors (Lipinski definition) is 4. The quantitative estimate of drug-likeness (QED) is 0.0782. The molecule has 0 unspecified atom stereocenters. The first-order valence-corrected chi connectivity index (χ1v) is 23.1. The number of benzene rings is 2. The molecule has 2 aliphatic rings. The molecule has 364 valence electrons. The third kappa shape index (κ3) is 12.1. The van der Waals surface area contributed by atoms with Crippen molar-refractivity contribution < 1.29 is 28.6 Å². The predicted octanol–water partition coefficient (Wildman–Crippen LogP) is 6.73. The molecule has 0 bridgehead atoms. The van der Waals surface area contributed by atoms with Gasteiger partial charge in [0.2, 0.25) is 0 Å². The topological polar surface area (TPSA) is 224 Å². The number of piperidine rings is 2. The summed E-state index contributed by atoms with van der Waals surface area (Å²) in [6, 6.07) is 14.8. The van der Waals surface area contributed by atoms with Crippen LogP contribution in [0.25, 0.3) is 11.0 Å². The second-order valence-corrected chi connectivity index (χ2v) is 18.3. The average Bonchev–Trinajstić information content (AvgIpc) is 3.84. The number of ether oxygens (including phenoxy) is 3. The highest BCUT2D eigenvalue weighted by atomic mass is 35.5. The van der Waals surface area contributed by atoms with Crippen LogP contribution in [0.4, 0.5) is 16.4 Å². The van der Waals surface area contributed by atoms with Gasteiger partial charge in [0.1, 0.15) is 28.0 Å². The van der Waals surface area contributed by atoms with Crippen LogP contribution in [0.1, 0.15) is 104 Å². The van der Waals surface area contributed by atoms with Gasteiger partial charge in [0.15, 0.2) is 11.6 Å². The Balaban J connectivity index is 0.000000225. The van der Waals surface area contributed by atoms with E-state index in [1.165, 1.54) is 21.4 Å². The summed E-state index contributed by atoms with van der Waals surface area (Å²) in [6.45, 7) is 11.9. The van der Waals surface area contributed by atoms with Gasteiger partial charge in [0.25, 0.3) is 11.1 Å². The highest BCUT2D eigenvalue weighted by Gasteiger charge is 2.30. The van der Waals surface area contributed by atoms with Gasteiger partial charge in [-0.2, -0.15) is 0 Å². The molecular formula is C47H57Cl3N10O8. The number of esters is 2. The molecule has 2 fully saturated rings. The zero-order valence-corrected chi connectivity index (χ0v) is 40.9. The van der Waals surface area contributed by atoms with Crippen LogP contribution >= 0.6 is 35.6 Å². The highest BCUT2D eigenvalue weighted by molar-refractivity contribution is 6.31. The van der Waals surface area contributed by atoms with E-state index >= 15 is 0 Å². The summed E-state index contributed by atoms with van der Waals surface area (Å²) < 4.78 is 18.4. The van der Waals surface area contributed by atoms with Crippen LogP contribution in [0.15, 0.2) is 70.5 Å². The lowest BCUT2D eigenvalue weighted by atomic mass is 10.0. The lowest BCUT2D eigenvalue weighted by Gasteiger charge is -2.34. The lowest BCUT2D eigenvalue weighted by molar-refractivity contribution is 0.0493. The van der Waals surface area contributed by atoms with Gasteiger partial charge >= 0.3 is 18.0 Å². The molecule has 2 atom stereocenters. The Morgan fingerprint density at radius 3 is 1.65 bits per heavy atom. The number of carbonyl (C=O) groups excluding carboxylic acids is 3. The summed E-state index contributed by atoms with van der Waals surface area (Å²) in [5, 5.41) is 13.6. The van der Waals surface area contributed by atoms with E-state index in [2.05, 4.69) is 25.3 Å². The van der Waals surface area contributed by atoms with Crippen LogP contribution in [-0.4, -0.2) is 104 Å². The lowest BCUT2D eigenvalue weighted by Crippen LogP contribution is -2.49. The van der Waals surface area contributed by atoms with Crippen molar-refractivity contribution in [3.05, 3.63) is 125 Å². The highest BCUT2D eigenvalue weighted by Crippen LogP contribution is 2.32. The molecule has 0 saturated carbocycles. The van der Waals surface area contributed by atoms with Crippen molar-refractivity contribution in [3.8, 4) is 0 Å². The Hall–Kier alpha value is -6.08. The number of H-pyrrole nitrogens is 2. The molecule has 1 amide bonds. The molecule has 68 heavy (non-hydrogen) atoms. The number of rotatable bonds is 11. The molecule has 8 rings (SSSR count). The van der Waals surface area contributed by atoms with E-state index in [1.807, 2.05) is 68.1 Å². The summed E-state index contributed by atoms with van der Waals surface area (Å²) >= 11 is 12.8. The summed E-state index contributed by atoms with van der Waals surface area (Å²) in [4.78, 5) is 72.4. The first kappa shape index (κ1) is 51.3. The number of amides is 1. The molecule has 18 nitrogen and oxygen atoms in total. The molecule has 0 radical (unpaired) electrons. The first-order chi connectivity index (χ1) is 32.0. The van der Waals surface area contributed by atoms with Crippen molar-refractivity contribution >= 4 is 76.3 Å². The fourth-order valence-corrected chi connectivity index (χ4v) is 8.75. The molecular weight excluding hydrogens is 939 g/mol. The van der Waals surface area contributed by atoms with Gasteiger partial charge in [-0.25, -0.2) is 23.4 Å². The minimum Gasteiger partial charge on any atom is -0.461 e. The molecule has 6 heterocycles. The van der Waals surface area contributed by atoms with Crippen LogP contribution in [0.2, 0.25) is 10.0 Å². The van der Waals surface area contributed by atoms with E-state index < -0.39 is 34.8 Å². The van der Waals surface area contributed by atoms with Crippen molar-refractivity contribution in [1.29, 1.82) is 0 Å². The Morgan fingerprint density at radius 1 is 0.750 bits per heavy atom. The molecule has 5 N–H and O–H groups in total. The number of anilines is 2. The maximum absolute atomic E-state index is 13.2. The molecule has 0 aliphatic carbocycles. The number of aromatic amines is 2. The van der Waals surface area contributed by atoms with E-state index in [1.54, 1.807) is 19.9 Å². The number of nitrogens with two attached hydrogens (primary N) is 1. The van der Waals surface area contributed by atoms with Crippen molar-refractivity contribution in [3.63, 3.8) is 0 Å². The number of halogens is 3. The van der Waals surface area contributed by atoms with Crippen LogP contribution in [0.5, 0.6) is 0 Å². The van der Waals surface area contributed by atoms with Crippen LogP contribution in [0.3, 0.4) is 0 Å². The Morgan fingerprint density at radius 2 is 1.21 bits per heavy atom. The normalized spacial score (nSPS) is 16.1. The summed E-state index contributed by atoms with van der Waals surface area (Å²) in [7, 11) is 0. The summed E-state index contributed by atoms with van der Waals surface area (Å²) in [6.07, 6.45) is 6.80. The van der Waals surface area contributed by atoms with E-state index in [9.17, 15) is 24.0 Å². The number of fused-ring (bicyclic) bond motifs is 2. The number of carbonyl (C=O) groups is 3. The van der Waals surface area contributed by atoms with Crippen molar-refractivity contribution in [2.75, 3.05) is 49.2 Å². The van der Waals surface area contributed by atoms with Gasteiger partial charge in [0.05, 0.1) is 25.6 Å². The monoisotopic (exact) mass is 994 g/mol. The molecule has 2 saturated heterocycles. The molecule has 2 aliphatic heterocycles. The maximum Gasteiger partial charge on any atom is 0.407 e. The van der Waals surface area contributed by atoms with E-state index in [0.717, 1.165) is 48.9 Å². The van der Waals surface area contributed by atoms with E-state index in [4.69, 9.17) is 48.2 Å². The second kappa shape index (κ2) is 22.4. The molecule has 21 heteroatoms. The van der Waals surface area contributed by atoms with Crippen LogP contribution in [-0.2, 0) is 27.1 Å². The first-order valence-electron chi connectivity index (χ1n) is 22.4. The van der Waals surface area contributed by atoms with Gasteiger partial charge in [-0.1, -0.05) is 59.6 Å². The summed E-state index contributed by atoms with van der Waals surface area (Å²) in [5.41, 5.74) is 8.70. The molecule has 4 aromatic heterocycles. The van der Waals surface area contributed by atoms with E-state index in [-0.39, 0.29) is 49.1 Å². The Bertz CT molecular complexity index is 2890.